The zero-order valence-corrected chi connectivity index (χ0v) is 18.4. The fraction of sp³-hybridized carbons (Fsp3) is 0.217. The second-order valence-corrected chi connectivity index (χ2v) is 8.81. The summed E-state index contributed by atoms with van der Waals surface area (Å²) in [7, 11) is 3.26. The molecule has 0 amide bonds. The van der Waals surface area contributed by atoms with Gasteiger partial charge < -0.3 is 14.4 Å². The Morgan fingerprint density at radius 1 is 0.700 bits per heavy atom. The molecule has 3 rings (SSSR count). The smallest absolute Gasteiger partial charge is 0.264 e. The monoisotopic (exact) mass is 426 g/mol. The van der Waals surface area contributed by atoms with Crippen LogP contribution < -0.4 is 18.7 Å². The maximum atomic E-state index is 13.5. The molecule has 0 saturated heterocycles. The first kappa shape index (κ1) is 21.5. The van der Waals surface area contributed by atoms with Crippen molar-refractivity contribution in [1.29, 1.82) is 0 Å². The Bertz CT molecular complexity index is 1060. The van der Waals surface area contributed by atoms with E-state index in [1.54, 1.807) is 62.8 Å². The van der Waals surface area contributed by atoms with Gasteiger partial charge in [-0.2, -0.15) is 0 Å². The average molecular weight is 427 g/mol. The predicted octanol–water partition coefficient (Wildman–Crippen LogP) is 4.17. The van der Waals surface area contributed by atoms with Gasteiger partial charge in [0.05, 0.1) is 31.3 Å². The second kappa shape index (κ2) is 9.09. The van der Waals surface area contributed by atoms with E-state index >= 15 is 0 Å². The summed E-state index contributed by atoms with van der Waals surface area (Å²) < 4.78 is 38.8. The van der Waals surface area contributed by atoms with Gasteiger partial charge in [-0.15, -0.1) is 0 Å². The molecule has 0 atom stereocenters. The summed E-state index contributed by atoms with van der Waals surface area (Å²) in [6.07, 6.45) is 0. The van der Waals surface area contributed by atoms with Crippen LogP contribution in [-0.4, -0.2) is 36.7 Å². The number of anilines is 2. The molecule has 0 spiro atoms. The Kier molecular flexibility index (Phi) is 6.52. The number of nitrogens with zero attached hydrogens (tertiary/aromatic N) is 2. The summed E-state index contributed by atoms with van der Waals surface area (Å²) in [5, 5.41) is 0. The van der Waals surface area contributed by atoms with Gasteiger partial charge in [-0.1, -0.05) is 12.1 Å². The predicted molar refractivity (Wildman–Crippen MR) is 120 cm³/mol. The van der Waals surface area contributed by atoms with Gasteiger partial charge in [0.1, 0.15) is 11.5 Å². The Labute approximate surface area is 178 Å². The van der Waals surface area contributed by atoms with Crippen molar-refractivity contribution < 1.29 is 17.9 Å². The van der Waals surface area contributed by atoms with Crippen LogP contribution in [0.2, 0.25) is 0 Å². The molecule has 6 nitrogen and oxygen atoms in total. The molecule has 0 aliphatic carbocycles. The van der Waals surface area contributed by atoms with Gasteiger partial charge in [0.15, 0.2) is 0 Å². The fourth-order valence-corrected chi connectivity index (χ4v) is 4.46. The van der Waals surface area contributed by atoms with Gasteiger partial charge in [-0.05, 0) is 66.2 Å². The summed E-state index contributed by atoms with van der Waals surface area (Å²) in [6.45, 7) is 0.203. The summed E-state index contributed by atoms with van der Waals surface area (Å²) in [4.78, 5) is 2.20. The highest BCUT2D eigenvalue weighted by Gasteiger charge is 2.25. The number of hydrogen-bond acceptors (Lipinski definition) is 5. The van der Waals surface area contributed by atoms with Crippen LogP contribution in [0.3, 0.4) is 0 Å². The van der Waals surface area contributed by atoms with E-state index < -0.39 is 10.0 Å². The second-order valence-electron chi connectivity index (χ2n) is 6.95. The SMILES string of the molecule is COc1ccc(N(Cc2ccc(N(C)C)cc2)S(=O)(=O)c2ccc(OC)cc2)cc1. The van der Waals surface area contributed by atoms with Crippen LogP contribution in [0.4, 0.5) is 11.4 Å². The average Bonchev–Trinajstić information content (AvgIpc) is 2.77. The van der Waals surface area contributed by atoms with Crippen LogP contribution >= 0.6 is 0 Å². The van der Waals surface area contributed by atoms with Crippen LogP contribution in [0.25, 0.3) is 0 Å². The normalized spacial score (nSPS) is 11.1. The Balaban J connectivity index is 2.01. The van der Waals surface area contributed by atoms with Gasteiger partial charge in [-0.25, -0.2) is 8.42 Å². The molecular weight excluding hydrogens is 400 g/mol. The van der Waals surface area contributed by atoms with E-state index in [1.807, 2.05) is 43.3 Å². The number of ether oxygens (including phenoxy) is 2. The van der Waals surface area contributed by atoms with E-state index in [0.29, 0.717) is 17.2 Å². The number of hydrogen-bond donors (Lipinski definition) is 0. The highest BCUT2D eigenvalue weighted by atomic mass is 32.2. The number of methoxy groups -OCH3 is 2. The molecule has 0 aromatic heterocycles. The molecule has 0 aliphatic heterocycles. The van der Waals surface area contributed by atoms with Crippen molar-refractivity contribution in [2.24, 2.45) is 0 Å². The Morgan fingerprint density at radius 3 is 1.63 bits per heavy atom. The lowest BCUT2D eigenvalue weighted by molar-refractivity contribution is 0.414. The minimum Gasteiger partial charge on any atom is -0.497 e. The largest absolute Gasteiger partial charge is 0.497 e. The molecule has 7 heteroatoms. The first-order valence-corrected chi connectivity index (χ1v) is 10.9. The van der Waals surface area contributed by atoms with E-state index in [4.69, 9.17) is 9.47 Å². The lowest BCUT2D eigenvalue weighted by atomic mass is 10.2. The lowest BCUT2D eigenvalue weighted by Gasteiger charge is -2.25. The maximum Gasteiger partial charge on any atom is 0.264 e. The first-order chi connectivity index (χ1) is 14.3. The quantitative estimate of drug-likeness (QED) is 0.541. The standard InChI is InChI=1S/C23H26N2O4S/c1-24(2)19-7-5-18(6-8-19)17-25(20-9-11-21(28-3)12-10-20)30(26,27)23-15-13-22(29-4)14-16-23/h5-16H,17H2,1-4H3. The summed E-state index contributed by atoms with van der Waals surface area (Å²) in [6, 6.07) is 21.2. The van der Waals surface area contributed by atoms with Crippen molar-refractivity contribution in [2.75, 3.05) is 37.5 Å². The fourth-order valence-electron chi connectivity index (χ4n) is 3.00. The molecule has 3 aromatic carbocycles. The van der Waals surface area contributed by atoms with Gasteiger partial charge >= 0.3 is 0 Å². The molecule has 0 aliphatic rings. The van der Waals surface area contributed by atoms with Gasteiger partial charge in [0.2, 0.25) is 0 Å². The van der Waals surface area contributed by atoms with E-state index in [2.05, 4.69) is 0 Å². The lowest BCUT2D eigenvalue weighted by Crippen LogP contribution is -2.30. The summed E-state index contributed by atoms with van der Waals surface area (Å²) in [5.74, 6) is 1.26. The third-order valence-electron chi connectivity index (χ3n) is 4.79. The molecule has 3 aromatic rings. The van der Waals surface area contributed by atoms with E-state index in [9.17, 15) is 8.42 Å². The number of benzene rings is 3. The van der Waals surface area contributed by atoms with Gasteiger partial charge in [0, 0.05) is 19.8 Å². The summed E-state index contributed by atoms with van der Waals surface area (Å²) in [5.41, 5.74) is 2.49. The van der Waals surface area contributed by atoms with Crippen molar-refractivity contribution in [3.8, 4) is 11.5 Å². The van der Waals surface area contributed by atoms with Gasteiger partial charge in [-0.3, -0.25) is 4.31 Å². The third-order valence-corrected chi connectivity index (χ3v) is 6.57. The molecule has 0 unspecified atom stereocenters. The first-order valence-electron chi connectivity index (χ1n) is 9.42. The van der Waals surface area contributed by atoms with E-state index in [-0.39, 0.29) is 11.4 Å². The van der Waals surface area contributed by atoms with Crippen molar-refractivity contribution >= 4 is 21.4 Å². The molecule has 0 fully saturated rings. The van der Waals surface area contributed by atoms with E-state index in [0.717, 1.165) is 11.3 Å². The molecular formula is C23H26N2O4S. The molecule has 0 N–H and O–H groups in total. The minimum absolute atomic E-state index is 0.198. The molecule has 30 heavy (non-hydrogen) atoms. The van der Waals surface area contributed by atoms with Crippen molar-refractivity contribution in [2.45, 2.75) is 11.4 Å². The summed E-state index contributed by atoms with van der Waals surface area (Å²) >= 11 is 0. The van der Waals surface area contributed by atoms with Crippen LogP contribution in [-0.2, 0) is 16.6 Å². The minimum atomic E-state index is -3.80. The number of rotatable bonds is 8. The molecule has 158 valence electrons. The Hall–Kier alpha value is -3.19. The van der Waals surface area contributed by atoms with E-state index in [1.165, 1.54) is 4.31 Å². The van der Waals surface area contributed by atoms with Crippen molar-refractivity contribution in [1.82, 2.24) is 0 Å². The highest BCUT2D eigenvalue weighted by molar-refractivity contribution is 7.92. The zero-order valence-electron chi connectivity index (χ0n) is 17.6. The third kappa shape index (κ3) is 4.68. The zero-order chi connectivity index (χ0) is 21.7. The maximum absolute atomic E-state index is 13.5. The molecule has 0 saturated carbocycles. The van der Waals surface area contributed by atoms with Crippen LogP contribution in [0.5, 0.6) is 11.5 Å². The van der Waals surface area contributed by atoms with Crippen molar-refractivity contribution in [3.05, 3.63) is 78.4 Å². The molecule has 0 heterocycles. The number of sulfonamides is 1. The molecule has 0 bridgehead atoms. The highest BCUT2D eigenvalue weighted by Crippen LogP contribution is 2.29. The van der Waals surface area contributed by atoms with Gasteiger partial charge in [0.25, 0.3) is 10.0 Å². The molecule has 0 radical (unpaired) electrons. The van der Waals surface area contributed by atoms with Crippen LogP contribution in [0.1, 0.15) is 5.56 Å². The van der Waals surface area contributed by atoms with Crippen LogP contribution in [0.15, 0.2) is 77.7 Å². The topological polar surface area (TPSA) is 59.1 Å². The van der Waals surface area contributed by atoms with Crippen molar-refractivity contribution in [3.63, 3.8) is 0 Å². The van der Waals surface area contributed by atoms with Crippen LogP contribution in [0, 0.1) is 0 Å². The Morgan fingerprint density at radius 2 is 1.17 bits per heavy atom.